The van der Waals surface area contributed by atoms with Crippen LogP contribution >= 0.6 is 23.1 Å². The van der Waals surface area contributed by atoms with E-state index in [9.17, 15) is 9.18 Å². The fourth-order valence-electron chi connectivity index (χ4n) is 2.81. The minimum absolute atomic E-state index is 0.0267. The maximum Gasteiger partial charge on any atom is 0.239 e. The van der Waals surface area contributed by atoms with E-state index in [2.05, 4.69) is 27.1 Å². The smallest absolute Gasteiger partial charge is 0.239 e. The number of halogens is 1. The number of nitrogens with zero attached hydrogens (tertiary/aromatic N) is 2. The Morgan fingerprint density at radius 3 is 2.68 bits per heavy atom. The highest BCUT2D eigenvalue weighted by atomic mass is 32.2. The van der Waals surface area contributed by atoms with E-state index in [-0.39, 0.29) is 11.7 Å². The molecule has 0 fully saturated rings. The van der Waals surface area contributed by atoms with E-state index >= 15 is 0 Å². The SMILES string of the molecule is Cc1ccc2nc(N(CCC[NH+](C)C)C(=O)CSc3ccc(F)cc3)sc2c1. The molecule has 3 rings (SSSR count). The molecule has 3 aromatic rings. The molecular weight excluding hydrogens is 393 g/mol. The lowest BCUT2D eigenvalue weighted by molar-refractivity contribution is -0.858. The highest BCUT2D eigenvalue weighted by molar-refractivity contribution is 8.00. The second-order valence-electron chi connectivity index (χ2n) is 7.07. The van der Waals surface area contributed by atoms with Crippen LogP contribution in [0.2, 0.25) is 0 Å². The maximum absolute atomic E-state index is 13.1. The molecule has 148 valence electrons. The molecule has 0 aliphatic heterocycles. The monoisotopic (exact) mass is 418 g/mol. The number of nitrogens with one attached hydrogen (secondary N) is 1. The molecule has 28 heavy (non-hydrogen) atoms. The predicted molar refractivity (Wildman–Crippen MR) is 116 cm³/mol. The average Bonchev–Trinajstić information content (AvgIpc) is 3.07. The molecule has 4 nitrogen and oxygen atoms in total. The van der Waals surface area contributed by atoms with Crippen molar-refractivity contribution in [3.05, 3.63) is 53.8 Å². The number of aryl methyl sites for hydroxylation is 1. The van der Waals surface area contributed by atoms with Crippen molar-refractivity contribution in [2.24, 2.45) is 0 Å². The summed E-state index contributed by atoms with van der Waals surface area (Å²) in [7, 11) is 4.22. The van der Waals surface area contributed by atoms with E-state index in [1.54, 1.807) is 28.4 Å². The van der Waals surface area contributed by atoms with Crippen molar-refractivity contribution in [3.63, 3.8) is 0 Å². The van der Waals surface area contributed by atoms with E-state index in [1.165, 1.54) is 34.4 Å². The van der Waals surface area contributed by atoms with Crippen molar-refractivity contribution in [1.82, 2.24) is 4.98 Å². The van der Waals surface area contributed by atoms with E-state index in [0.29, 0.717) is 12.3 Å². The molecule has 0 bridgehead atoms. The summed E-state index contributed by atoms with van der Waals surface area (Å²) in [5.41, 5.74) is 2.11. The molecule has 1 heterocycles. The lowest BCUT2D eigenvalue weighted by atomic mass is 10.2. The molecule has 0 aliphatic rings. The maximum atomic E-state index is 13.1. The minimum atomic E-state index is -0.270. The second kappa shape index (κ2) is 9.49. The van der Waals surface area contributed by atoms with Gasteiger partial charge in [-0.2, -0.15) is 0 Å². The van der Waals surface area contributed by atoms with Gasteiger partial charge in [0, 0.05) is 17.9 Å². The Morgan fingerprint density at radius 2 is 1.96 bits per heavy atom. The largest absolute Gasteiger partial charge is 0.340 e. The summed E-state index contributed by atoms with van der Waals surface area (Å²) in [5.74, 6) is 0.0576. The van der Waals surface area contributed by atoms with Crippen LogP contribution in [0.3, 0.4) is 0 Å². The first-order valence-electron chi connectivity index (χ1n) is 9.27. The molecule has 0 spiro atoms. The molecule has 0 unspecified atom stereocenters. The van der Waals surface area contributed by atoms with Crippen LogP contribution in [0, 0.1) is 12.7 Å². The third-order valence-electron chi connectivity index (χ3n) is 4.30. The third-order valence-corrected chi connectivity index (χ3v) is 6.34. The number of hydrogen-bond donors (Lipinski definition) is 1. The number of thiazole rings is 1. The fourth-order valence-corrected chi connectivity index (χ4v) is 4.69. The number of anilines is 1. The quantitative estimate of drug-likeness (QED) is 0.570. The normalized spacial score (nSPS) is 11.3. The molecule has 1 amide bonds. The molecular formula is C21H25FN3OS2+. The van der Waals surface area contributed by atoms with Crippen molar-refractivity contribution < 1.29 is 14.1 Å². The number of hydrogen-bond acceptors (Lipinski definition) is 4. The summed E-state index contributed by atoms with van der Waals surface area (Å²) in [5, 5.41) is 0.749. The summed E-state index contributed by atoms with van der Waals surface area (Å²) in [4.78, 5) is 21.7. The van der Waals surface area contributed by atoms with Crippen LogP contribution in [0.5, 0.6) is 0 Å². The Hall–Kier alpha value is -1.96. The van der Waals surface area contributed by atoms with E-state index in [0.717, 1.165) is 33.2 Å². The van der Waals surface area contributed by atoms with E-state index < -0.39 is 0 Å². The number of carbonyl (C=O) groups is 1. The number of quaternary nitrogens is 1. The van der Waals surface area contributed by atoms with Gasteiger partial charge in [-0.15, -0.1) is 11.8 Å². The van der Waals surface area contributed by atoms with Crippen LogP contribution in [0.1, 0.15) is 12.0 Å². The Morgan fingerprint density at radius 1 is 1.21 bits per heavy atom. The van der Waals surface area contributed by atoms with Crippen LogP contribution in [0.4, 0.5) is 9.52 Å². The molecule has 0 aliphatic carbocycles. The van der Waals surface area contributed by atoms with Gasteiger partial charge < -0.3 is 4.90 Å². The fraction of sp³-hybridized carbons (Fsp3) is 0.333. The molecule has 1 N–H and O–H groups in total. The van der Waals surface area contributed by atoms with Gasteiger partial charge in [0.2, 0.25) is 5.91 Å². The summed E-state index contributed by atoms with van der Waals surface area (Å²) >= 11 is 2.98. The van der Waals surface area contributed by atoms with Crippen molar-refractivity contribution in [3.8, 4) is 0 Å². The number of aromatic nitrogens is 1. The van der Waals surface area contributed by atoms with E-state index in [1.807, 2.05) is 12.1 Å². The number of thioether (sulfide) groups is 1. The number of rotatable bonds is 8. The summed E-state index contributed by atoms with van der Waals surface area (Å²) < 4.78 is 14.2. The van der Waals surface area contributed by atoms with Gasteiger partial charge in [0.05, 0.1) is 36.6 Å². The molecule has 0 radical (unpaired) electrons. The molecule has 7 heteroatoms. The van der Waals surface area contributed by atoms with Gasteiger partial charge >= 0.3 is 0 Å². The summed E-state index contributed by atoms with van der Waals surface area (Å²) in [6, 6.07) is 12.4. The number of carbonyl (C=O) groups excluding carboxylic acids is 1. The van der Waals surface area contributed by atoms with Crippen LogP contribution in [-0.2, 0) is 4.79 Å². The number of benzene rings is 2. The standard InChI is InChI=1S/C21H24FN3OS2/c1-15-5-10-18-19(13-15)28-21(23-18)25(12-4-11-24(2)3)20(26)14-27-17-8-6-16(22)7-9-17/h5-10,13H,4,11-12,14H2,1-3H3/p+1. The molecule has 0 saturated carbocycles. The van der Waals surface area contributed by atoms with Crippen molar-refractivity contribution in [2.75, 3.05) is 37.8 Å². The van der Waals surface area contributed by atoms with Gasteiger partial charge in [0.1, 0.15) is 5.82 Å². The van der Waals surface area contributed by atoms with Gasteiger partial charge in [-0.1, -0.05) is 17.4 Å². The van der Waals surface area contributed by atoms with Crippen molar-refractivity contribution in [1.29, 1.82) is 0 Å². The second-order valence-corrected chi connectivity index (χ2v) is 9.12. The van der Waals surface area contributed by atoms with Crippen LogP contribution in [0.15, 0.2) is 47.4 Å². The summed E-state index contributed by atoms with van der Waals surface area (Å²) in [6.07, 6.45) is 0.907. The zero-order valence-electron chi connectivity index (χ0n) is 16.4. The predicted octanol–water partition coefficient (Wildman–Crippen LogP) is 3.40. The Kier molecular flexibility index (Phi) is 7.04. The van der Waals surface area contributed by atoms with Crippen molar-refractivity contribution in [2.45, 2.75) is 18.2 Å². The minimum Gasteiger partial charge on any atom is -0.340 e. The van der Waals surface area contributed by atoms with Gasteiger partial charge in [-0.05, 0) is 48.9 Å². The third kappa shape index (κ3) is 5.53. The lowest BCUT2D eigenvalue weighted by Gasteiger charge is -2.20. The molecule has 2 aromatic carbocycles. The Bertz CT molecular complexity index is 940. The molecule has 0 saturated heterocycles. The lowest BCUT2D eigenvalue weighted by Crippen LogP contribution is -3.05. The average molecular weight is 419 g/mol. The highest BCUT2D eigenvalue weighted by Crippen LogP contribution is 2.30. The van der Waals surface area contributed by atoms with Gasteiger partial charge in [0.15, 0.2) is 5.13 Å². The first-order valence-corrected chi connectivity index (χ1v) is 11.1. The van der Waals surface area contributed by atoms with Gasteiger partial charge in [-0.25, -0.2) is 9.37 Å². The van der Waals surface area contributed by atoms with Crippen molar-refractivity contribution >= 4 is 44.4 Å². The summed E-state index contributed by atoms with van der Waals surface area (Å²) in [6.45, 7) is 3.69. The Labute approximate surface area is 173 Å². The van der Waals surface area contributed by atoms with Crippen LogP contribution in [-0.4, -0.2) is 43.8 Å². The van der Waals surface area contributed by atoms with E-state index in [4.69, 9.17) is 4.98 Å². The highest BCUT2D eigenvalue weighted by Gasteiger charge is 2.20. The van der Waals surface area contributed by atoms with Gasteiger partial charge in [0.25, 0.3) is 0 Å². The topological polar surface area (TPSA) is 37.6 Å². The zero-order chi connectivity index (χ0) is 20.1. The zero-order valence-corrected chi connectivity index (χ0v) is 18.0. The molecule has 0 atom stereocenters. The van der Waals surface area contributed by atoms with Crippen LogP contribution < -0.4 is 9.80 Å². The number of fused-ring (bicyclic) bond motifs is 1. The first-order chi connectivity index (χ1) is 13.4. The Balaban J connectivity index is 1.76. The van der Waals surface area contributed by atoms with Gasteiger partial charge in [-0.3, -0.25) is 9.69 Å². The molecule has 1 aromatic heterocycles. The van der Waals surface area contributed by atoms with Crippen LogP contribution in [0.25, 0.3) is 10.2 Å². The first kappa shape index (κ1) is 20.8. The number of amides is 1.